The molecule has 4 nitrogen and oxygen atoms in total. The van der Waals surface area contributed by atoms with E-state index in [0.29, 0.717) is 18.0 Å². The van der Waals surface area contributed by atoms with Gasteiger partial charge in [-0.15, -0.1) is 0 Å². The Hall–Kier alpha value is -2.88. The molecule has 3 aromatic rings. The number of hydrogen-bond donors (Lipinski definition) is 0. The molecule has 0 N–H and O–H groups in total. The van der Waals surface area contributed by atoms with Crippen LogP contribution in [0.15, 0.2) is 76.1 Å². The van der Waals surface area contributed by atoms with Crippen LogP contribution in [0.4, 0.5) is 0 Å². The molecule has 1 aromatic carbocycles. The second-order valence-corrected chi connectivity index (χ2v) is 4.53. The SMILES string of the molecule is O=c1ccc(-c2ccco2)nn1CC=Cc1ccccc1. The molecule has 104 valence electrons. The quantitative estimate of drug-likeness (QED) is 0.736. The lowest BCUT2D eigenvalue weighted by molar-refractivity contribution is 0.570. The number of furan rings is 1. The van der Waals surface area contributed by atoms with Gasteiger partial charge in [0.25, 0.3) is 5.56 Å². The van der Waals surface area contributed by atoms with Gasteiger partial charge in [0.1, 0.15) is 5.69 Å². The minimum absolute atomic E-state index is 0.136. The van der Waals surface area contributed by atoms with E-state index in [-0.39, 0.29) is 5.56 Å². The van der Waals surface area contributed by atoms with Crippen molar-refractivity contribution in [2.24, 2.45) is 0 Å². The molecule has 0 aliphatic carbocycles. The van der Waals surface area contributed by atoms with Gasteiger partial charge in [-0.2, -0.15) is 5.10 Å². The number of hydrogen-bond acceptors (Lipinski definition) is 3. The first kappa shape index (κ1) is 13.1. The van der Waals surface area contributed by atoms with E-state index in [1.807, 2.05) is 48.6 Å². The molecule has 0 bridgehead atoms. The van der Waals surface area contributed by atoms with E-state index in [1.54, 1.807) is 18.4 Å². The van der Waals surface area contributed by atoms with E-state index in [1.165, 1.54) is 10.7 Å². The second-order valence-electron chi connectivity index (χ2n) is 4.53. The Morgan fingerprint density at radius 3 is 2.67 bits per heavy atom. The van der Waals surface area contributed by atoms with Crippen molar-refractivity contribution in [3.63, 3.8) is 0 Å². The van der Waals surface area contributed by atoms with Crippen molar-refractivity contribution in [2.75, 3.05) is 0 Å². The third-order valence-electron chi connectivity index (χ3n) is 3.03. The fourth-order valence-corrected chi connectivity index (χ4v) is 1.99. The van der Waals surface area contributed by atoms with Gasteiger partial charge in [0.05, 0.1) is 12.8 Å². The predicted octanol–water partition coefficient (Wildman–Crippen LogP) is 3.22. The fourth-order valence-electron chi connectivity index (χ4n) is 1.99. The molecule has 0 saturated heterocycles. The summed E-state index contributed by atoms with van der Waals surface area (Å²) in [5, 5.41) is 4.31. The van der Waals surface area contributed by atoms with Crippen LogP contribution in [0.25, 0.3) is 17.5 Å². The summed E-state index contributed by atoms with van der Waals surface area (Å²) in [6.07, 6.45) is 5.46. The molecular formula is C17H14N2O2. The zero-order valence-corrected chi connectivity index (χ0v) is 11.3. The largest absolute Gasteiger partial charge is 0.463 e. The summed E-state index contributed by atoms with van der Waals surface area (Å²) in [4.78, 5) is 11.8. The van der Waals surface area contributed by atoms with Crippen molar-refractivity contribution in [3.05, 3.63) is 82.9 Å². The number of nitrogens with zero attached hydrogens (tertiary/aromatic N) is 2. The number of allylic oxidation sites excluding steroid dienone is 1. The normalized spacial score (nSPS) is 11.0. The highest BCUT2D eigenvalue weighted by atomic mass is 16.3. The Balaban J connectivity index is 1.81. The van der Waals surface area contributed by atoms with E-state index in [9.17, 15) is 4.79 Å². The minimum atomic E-state index is -0.136. The smallest absolute Gasteiger partial charge is 0.267 e. The summed E-state index contributed by atoms with van der Waals surface area (Å²) in [5.41, 5.74) is 1.60. The van der Waals surface area contributed by atoms with Gasteiger partial charge >= 0.3 is 0 Å². The third kappa shape index (κ3) is 3.17. The van der Waals surface area contributed by atoms with E-state index >= 15 is 0 Å². The summed E-state index contributed by atoms with van der Waals surface area (Å²) in [5.74, 6) is 0.649. The molecule has 0 spiro atoms. The highest BCUT2D eigenvalue weighted by molar-refractivity contribution is 5.50. The Labute approximate surface area is 122 Å². The van der Waals surface area contributed by atoms with E-state index in [4.69, 9.17) is 4.42 Å². The van der Waals surface area contributed by atoms with E-state index in [0.717, 1.165) is 5.56 Å². The van der Waals surface area contributed by atoms with Crippen LogP contribution < -0.4 is 5.56 Å². The monoisotopic (exact) mass is 278 g/mol. The zero-order valence-electron chi connectivity index (χ0n) is 11.3. The van der Waals surface area contributed by atoms with Gasteiger partial charge in [-0.1, -0.05) is 42.5 Å². The van der Waals surface area contributed by atoms with Gasteiger partial charge in [0.15, 0.2) is 5.76 Å². The average molecular weight is 278 g/mol. The van der Waals surface area contributed by atoms with Crippen LogP contribution in [0.1, 0.15) is 5.56 Å². The van der Waals surface area contributed by atoms with Crippen LogP contribution in [0.2, 0.25) is 0 Å². The Bertz CT molecular complexity index is 787. The van der Waals surface area contributed by atoms with E-state index < -0.39 is 0 Å². The molecule has 0 fully saturated rings. The molecule has 0 radical (unpaired) electrons. The Morgan fingerprint density at radius 1 is 1.05 bits per heavy atom. The first-order chi connectivity index (χ1) is 10.3. The van der Waals surface area contributed by atoms with Gasteiger partial charge in [0, 0.05) is 6.07 Å². The summed E-state index contributed by atoms with van der Waals surface area (Å²) < 4.78 is 6.71. The molecule has 2 aromatic heterocycles. The lowest BCUT2D eigenvalue weighted by Crippen LogP contribution is -2.21. The van der Waals surface area contributed by atoms with Crippen molar-refractivity contribution in [1.29, 1.82) is 0 Å². The topological polar surface area (TPSA) is 48.0 Å². The maximum absolute atomic E-state index is 11.8. The Kier molecular flexibility index (Phi) is 3.78. The molecule has 3 rings (SSSR count). The summed E-state index contributed by atoms with van der Waals surface area (Å²) >= 11 is 0. The average Bonchev–Trinajstić information content (AvgIpc) is 3.04. The minimum Gasteiger partial charge on any atom is -0.463 e. The zero-order chi connectivity index (χ0) is 14.5. The molecule has 2 heterocycles. The molecule has 0 aliphatic heterocycles. The molecule has 21 heavy (non-hydrogen) atoms. The fraction of sp³-hybridized carbons (Fsp3) is 0.0588. The maximum Gasteiger partial charge on any atom is 0.267 e. The molecule has 4 heteroatoms. The van der Waals surface area contributed by atoms with E-state index in [2.05, 4.69) is 5.10 Å². The van der Waals surface area contributed by atoms with Gasteiger partial charge in [-0.05, 0) is 23.8 Å². The molecule has 0 unspecified atom stereocenters. The van der Waals surface area contributed by atoms with Crippen LogP contribution >= 0.6 is 0 Å². The van der Waals surface area contributed by atoms with Gasteiger partial charge in [-0.25, -0.2) is 4.68 Å². The molecular weight excluding hydrogens is 264 g/mol. The first-order valence-corrected chi connectivity index (χ1v) is 6.66. The summed E-state index contributed by atoms with van der Waals surface area (Å²) in [6, 6.07) is 16.7. The van der Waals surface area contributed by atoms with Crippen LogP contribution in [0.5, 0.6) is 0 Å². The van der Waals surface area contributed by atoms with Crippen molar-refractivity contribution in [1.82, 2.24) is 9.78 Å². The molecule has 0 aliphatic rings. The number of rotatable bonds is 4. The molecule has 0 saturated carbocycles. The summed E-state index contributed by atoms with van der Waals surface area (Å²) in [7, 11) is 0. The Morgan fingerprint density at radius 2 is 1.90 bits per heavy atom. The van der Waals surface area contributed by atoms with Crippen LogP contribution in [-0.4, -0.2) is 9.78 Å². The van der Waals surface area contributed by atoms with Crippen molar-refractivity contribution in [3.8, 4) is 11.5 Å². The molecule has 0 amide bonds. The standard InChI is InChI=1S/C17H14N2O2/c20-17-11-10-15(16-9-5-13-21-16)18-19(17)12-4-8-14-6-2-1-3-7-14/h1-11,13H,12H2. The van der Waals surface area contributed by atoms with Gasteiger partial charge < -0.3 is 4.42 Å². The third-order valence-corrected chi connectivity index (χ3v) is 3.03. The second kappa shape index (κ2) is 6.05. The van der Waals surface area contributed by atoms with Crippen molar-refractivity contribution < 1.29 is 4.42 Å². The van der Waals surface area contributed by atoms with Gasteiger partial charge in [-0.3, -0.25) is 4.79 Å². The van der Waals surface area contributed by atoms with Gasteiger partial charge in [0.2, 0.25) is 0 Å². The predicted molar refractivity (Wildman–Crippen MR) is 81.7 cm³/mol. The lowest BCUT2D eigenvalue weighted by Gasteiger charge is -2.02. The number of benzene rings is 1. The maximum atomic E-state index is 11.8. The van der Waals surface area contributed by atoms with Crippen LogP contribution in [0.3, 0.4) is 0 Å². The van der Waals surface area contributed by atoms with Crippen molar-refractivity contribution >= 4 is 6.08 Å². The lowest BCUT2D eigenvalue weighted by atomic mass is 10.2. The highest BCUT2D eigenvalue weighted by Gasteiger charge is 2.04. The van der Waals surface area contributed by atoms with Crippen molar-refractivity contribution in [2.45, 2.75) is 6.54 Å². The van der Waals surface area contributed by atoms with Crippen LogP contribution in [-0.2, 0) is 6.54 Å². The summed E-state index contributed by atoms with van der Waals surface area (Å²) in [6.45, 7) is 0.419. The first-order valence-electron chi connectivity index (χ1n) is 6.66. The highest BCUT2D eigenvalue weighted by Crippen LogP contribution is 2.15. The van der Waals surface area contributed by atoms with Crippen LogP contribution in [0, 0.1) is 0 Å². The number of aromatic nitrogens is 2. The molecule has 0 atom stereocenters.